The molecule has 0 spiro atoms. The number of aliphatic hydroxyl groups excluding tert-OH is 1. The highest BCUT2D eigenvalue weighted by molar-refractivity contribution is 5.91. The van der Waals surface area contributed by atoms with E-state index in [1.165, 1.54) is 21.3 Å². The molecule has 152 valence electrons. The largest absolute Gasteiger partial charge is 0.493 e. The molecule has 2 heterocycles. The van der Waals surface area contributed by atoms with Crippen LogP contribution in [0.15, 0.2) is 18.2 Å². The van der Waals surface area contributed by atoms with Crippen molar-refractivity contribution in [1.82, 2.24) is 0 Å². The topological polar surface area (TPSA) is 92.7 Å². The first-order valence-corrected chi connectivity index (χ1v) is 9.20. The van der Waals surface area contributed by atoms with Gasteiger partial charge >= 0.3 is 5.97 Å². The van der Waals surface area contributed by atoms with Crippen LogP contribution in [-0.4, -0.2) is 45.8 Å². The molecule has 1 saturated heterocycles. The lowest BCUT2D eigenvalue weighted by Gasteiger charge is -2.21. The third-order valence-corrected chi connectivity index (χ3v) is 5.83. The summed E-state index contributed by atoms with van der Waals surface area (Å²) in [6.07, 6.45) is -0.940. The van der Waals surface area contributed by atoms with Gasteiger partial charge in [0.1, 0.15) is 0 Å². The van der Waals surface area contributed by atoms with E-state index in [1.807, 2.05) is 0 Å². The first-order chi connectivity index (χ1) is 14.1. The summed E-state index contributed by atoms with van der Waals surface area (Å²) in [6.45, 7) is 0.229. The van der Waals surface area contributed by atoms with Crippen LogP contribution in [0.2, 0.25) is 0 Å². The van der Waals surface area contributed by atoms with Crippen molar-refractivity contribution in [2.45, 2.75) is 12.0 Å². The molecule has 5 rings (SSSR count). The second-order valence-corrected chi connectivity index (χ2v) is 7.12. The summed E-state index contributed by atoms with van der Waals surface area (Å²) in [5, 5.41) is 11.2. The molecule has 3 unspecified atom stereocenters. The van der Waals surface area contributed by atoms with Crippen molar-refractivity contribution in [3.8, 4) is 39.9 Å². The van der Waals surface area contributed by atoms with Gasteiger partial charge in [0.05, 0.1) is 40.0 Å². The maximum atomic E-state index is 12.7. The number of hydrogen-bond acceptors (Lipinski definition) is 8. The van der Waals surface area contributed by atoms with Crippen molar-refractivity contribution in [2.75, 3.05) is 34.7 Å². The molecule has 2 aromatic rings. The smallest absolute Gasteiger partial charge is 0.313 e. The van der Waals surface area contributed by atoms with Crippen LogP contribution in [0.1, 0.15) is 23.1 Å². The summed E-state index contributed by atoms with van der Waals surface area (Å²) in [7, 11) is 4.56. The van der Waals surface area contributed by atoms with Crippen molar-refractivity contribution < 1.29 is 38.3 Å². The summed E-state index contributed by atoms with van der Waals surface area (Å²) >= 11 is 0. The van der Waals surface area contributed by atoms with E-state index >= 15 is 0 Å². The number of benzene rings is 2. The molecule has 3 aliphatic rings. The van der Waals surface area contributed by atoms with Crippen molar-refractivity contribution >= 4 is 5.97 Å². The first kappa shape index (κ1) is 17.9. The molecule has 0 aromatic heterocycles. The van der Waals surface area contributed by atoms with Gasteiger partial charge in [-0.3, -0.25) is 4.79 Å². The van der Waals surface area contributed by atoms with Crippen LogP contribution in [0.25, 0.3) is 11.1 Å². The van der Waals surface area contributed by atoms with Crippen LogP contribution in [0.4, 0.5) is 0 Å². The van der Waals surface area contributed by atoms with E-state index < -0.39 is 23.9 Å². The average molecular weight is 400 g/mol. The predicted octanol–water partition coefficient (Wildman–Crippen LogP) is 2.41. The highest BCUT2D eigenvalue weighted by Gasteiger charge is 2.48. The minimum absolute atomic E-state index is 0.109. The molecular weight excluding hydrogens is 380 g/mol. The molecule has 0 radical (unpaired) electrons. The van der Waals surface area contributed by atoms with Crippen molar-refractivity contribution in [3.05, 3.63) is 29.3 Å². The molecule has 0 bridgehead atoms. The van der Waals surface area contributed by atoms with Gasteiger partial charge in [-0.1, -0.05) is 0 Å². The van der Waals surface area contributed by atoms with Crippen molar-refractivity contribution in [3.63, 3.8) is 0 Å². The molecule has 29 heavy (non-hydrogen) atoms. The maximum Gasteiger partial charge on any atom is 0.313 e. The molecular formula is C21H20O8. The third kappa shape index (κ3) is 2.38. The van der Waals surface area contributed by atoms with E-state index in [0.29, 0.717) is 51.0 Å². The Morgan fingerprint density at radius 2 is 1.66 bits per heavy atom. The lowest BCUT2D eigenvalue weighted by atomic mass is 9.84. The number of carbonyl (C=O) groups excluding carboxylic acids is 1. The second kappa shape index (κ2) is 6.45. The zero-order valence-corrected chi connectivity index (χ0v) is 16.2. The summed E-state index contributed by atoms with van der Waals surface area (Å²) in [5.74, 6) is 0.841. The Morgan fingerprint density at radius 3 is 2.34 bits per heavy atom. The average Bonchev–Trinajstić information content (AvgIpc) is 3.33. The van der Waals surface area contributed by atoms with E-state index in [2.05, 4.69) is 0 Å². The van der Waals surface area contributed by atoms with Crippen molar-refractivity contribution in [2.24, 2.45) is 5.92 Å². The molecule has 1 aliphatic carbocycles. The van der Waals surface area contributed by atoms with Gasteiger partial charge in [-0.15, -0.1) is 0 Å². The van der Waals surface area contributed by atoms with Crippen LogP contribution in [0.3, 0.4) is 0 Å². The highest BCUT2D eigenvalue weighted by atomic mass is 16.7. The van der Waals surface area contributed by atoms with E-state index in [0.717, 1.165) is 0 Å². The SMILES string of the molecule is COc1cc2c(c(OC)c1OC)-c1cc3c(cc1C(O)C1COC(=O)C21)OCO3. The molecule has 3 atom stereocenters. The number of hydrogen-bond donors (Lipinski definition) is 1. The van der Waals surface area contributed by atoms with Crippen LogP contribution in [0.5, 0.6) is 28.7 Å². The Balaban J connectivity index is 1.90. The minimum Gasteiger partial charge on any atom is -0.493 e. The number of esters is 1. The summed E-state index contributed by atoms with van der Waals surface area (Å²) in [6, 6.07) is 5.32. The number of carbonyl (C=O) groups is 1. The van der Waals surface area contributed by atoms with Gasteiger partial charge in [0.15, 0.2) is 23.0 Å². The third-order valence-electron chi connectivity index (χ3n) is 5.83. The summed E-state index contributed by atoms with van der Waals surface area (Å²) in [5.41, 5.74) is 2.61. The van der Waals surface area contributed by atoms with Gasteiger partial charge in [-0.05, 0) is 34.9 Å². The fourth-order valence-corrected chi connectivity index (χ4v) is 4.52. The van der Waals surface area contributed by atoms with Crippen LogP contribution in [-0.2, 0) is 9.53 Å². The number of ether oxygens (including phenoxy) is 6. The number of aliphatic hydroxyl groups is 1. The molecule has 1 N–H and O–H groups in total. The van der Waals surface area contributed by atoms with E-state index in [1.54, 1.807) is 18.2 Å². The fraction of sp³-hybridized carbons (Fsp3) is 0.381. The Kier molecular flexibility index (Phi) is 3.99. The summed E-state index contributed by atoms with van der Waals surface area (Å²) in [4.78, 5) is 12.7. The van der Waals surface area contributed by atoms with E-state index in [-0.39, 0.29) is 13.4 Å². The number of fused-ring (bicyclic) bond motifs is 6. The van der Waals surface area contributed by atoms with Gasteiger partial charge < -0.3 is 33.5 Å². The fourth-order valence-electron chi connectivity index (χ4n) is 4.52. The lowest BCUT2D eigenvalue weighted by Crippen LogP contribution is -2.19. The van der Waals surface area contributed by atoms with Gasteiger partial charge in [-0.25, -0.2) is 0 Å². The van der Waals surface area contributed by atoms with E-state index in [9.17, 15) is 9.90 Å². The number of cyclic esters (lactones) is 1. The van der Waals surface area contributed by atoms with Gasteiger partial charge in [0, 0.05) is 11.5 Å². The normalized spacial score (nSPS) is 23.4. The van der Waals surface area contributed by atoms with Crippen molar-refractivity contribution in [1.29, 1.82) is 0 Å². The molecule has 0 saturated carbocycles. The standard InChI is InChI=1S/C21H20O8/c1-24-15-6-11-16(20(26-3)19(15)25-2)9-4-13-14(29-8-28-13)5-10(9)18(22)12-7-27-21(23)17(11)12/h4-6,12,17-18,22H,7-8H2,1-3H3. The predicted molar refractivity (Wildman–Crippen MR) is 99.8 cm³/mol. The maximum absolute atomic E-state index is 12.7. The Bertz CT molecular complexity index is 1010. The molecule has 8 nitrogen and oxygen atoms in total. The van der Waals surface area contributed by atoms with Crippen LogP contribution in [0, 0.1) is 5.92 Å². The van der Waals surface area contributed by atoms with Gasteiger partial charge in [0.2, 0.25) is 12.5 Å². The quantitative estimate of drug-likeness (QED) is 0.786. The Hall–Kier alpha value is -3.13. The van der Waals surface area contributed by atoms with Crippen LogP contribution >= 0.6 is 0 Å². The molecule has 0 amide bonds. The highest BCUT2D eigenvalue weighted by Crippen LogP contribution is 2.57. The monoisotopic (exact) mass is 400 g/mol. The van der Waals surface area contributed by atoms with Gasteiger partial charge in [-0.2, -0.15) is 0 Å². The number of rotatable bonds is 3. The second-order valence-electron chi connectivity index (χ2n) is 7.12. The summed E-state index contributed by atoms with van der Waals surface area (Å²) < 4.78 is 33.1. The van der Waals surface area contributed by atoms with Gasteiger partial charge in [0.25, 0.3) is 0 Å². The first-order valence-electron chi connectivity index (χ1n) is 9.20. The number of methoxy groups -OCH3 is 3. The van der Waals surface area contributed by atoms with Crippen LogP contribution < -0.4 is 23.7 Å². The van der Waals surface area contributed by atoms with E-state index in [4.69, 9.17) is 28.4 Å². The molecule has 1 fully saturated rings. The lowest BCUT2D eigenvalue weighted by molar-refractivity contribution is -0.139. The zero-order valence-electron chi connectivity index (χ0n) is 16.2. The zero-order chi connectivity index (χ0) is 20.3. The Labute approximate surface area is 166 Å². The molecule has 2 aliphatic heterocycles. The molecule has 8 heteroatoms. The molecule has 2 aromatic carbocycles. The minimum atomic E-state index is -0.940. The Morgan fingerprint density at radius 1 is 0.931 bits per heavy atom.